The molecule has 1 saturated heterocycles. The standard InChI is InChI=1S/C11H22N2/c1-10(7-12-8-10)9-13-11(2)5-3-4-6-11/h12-13H,3-9H2,1-2H3. The predicted octanol–water partition coefficient (Wildman–Crippen LogP) is 1.52. The van der Waals surface area contributed by atoms with Crippen molar-refractivity contribution in [1.29, 1.82) is 0 Å². The molecule has 2 aliphatic rings. The van der Waals surface area contributed by atoms with Gasteiger partial charge < -0.3 is 10.6 Å². The Morgan fingerprint density at radius 3 is 2.23 bits per heavy atom. The molecule has 0 spiro atoms. The van der Waals surface area contributed by atoms with Gasteiger partial charge in [-0.3, -0.25) is 0 Å². The normalized spacial score (nSPS) is 30.0. The van der Waals surface area contributed by atoms with Gasteiger partial charge in [-0.2, -0.15) is 0 Å². The summed E-state index contributed by atoms with van der Waals surface area (Å²) in [6.45, 7) is 8.33. The molecule has 2 N–H and O–H groups in total. The van der Waals surface area contributed by atoms with Crippen molar-refractivity contribution in [3.8, 4) is 0 Å². The summed E-state index contributed by atoms with van der Waals surface area (Å²) in [4.78, 5) is 0. The zero-order valence-corrected chi connectivity index (χ0v) is 8.95. The fourth-order valence-electron chi connectivity index (χ4n) is 2.44. The van der Waals surface area contributed by atoms with Crippen LogP contribution in [0, 0.1) is 5.41 Å². The maximum atomic E-state index is 3.76. The molecule has 1 aliphatic heterocycles. The van der Waals surface area contributed by atoms with E-state index in [1.165, 1.54) is 45.3 Å². The lowest BCUT2D eigenvalue weighted by Crippen LogP contribution is -2.58. The average Bonchev–Trinajstić information content (AvgIpc) is 2.46. The lowest BCUT2D eigenvalue weighted by Gasteiger charge is -2.42. The molecular weight excluding hydrogens is 160 g/mol. The number of nitrogens with one attached hydrogen (secondary N) is 2. The third kappa shape index (κ3) is 2.05. The summed E-state index contributed by atoms with van der Waals surface area (Å²) >= 11 is 0. The molecule has 1 heterocycles. The molecule has 2 nitrogen and oxygen atoms in total. The second-order valence-electron chi connectivity index (χ2n) is 5.54. The smallest absolute Gasteiger partial charge is 0.0153 e. The Labute approximate surface area is 81.5 Å². The molecule has 2 heteroatoms. The summed E-state index contributed by atoms with van der Waals surface area (Å²) in [6, 6.07) is 0. The Balaban J connectivity index is 1.77. The molecule has 76 valence electrons. The minimum Gasteiger partial charge on any atom is -0.315 e. The minimum atomic E-state index is 0.457. The van der Waals surface area contributed by atoms with Gasteiger partial charge in [0, 0.05) is 30.6 Å². The quantitative estimate of drug-likeness (QED) is 0.691. The summed E-state index contributed by atoms with van der Waals surface area (Å²) in [5, 5.41) is 7.11. The average molecular weight is 182 g/mol. The lowest BCUT2D eigenvalue weighted by atomic mass is 9.83. The molecule has 0 bridgehead atoms. The highest BCUT2D eigenvalue weighted by Gasteiger charge is 2.35. The number of hydrogen-bond acceptors (Lipinski definition) is 2. The minimum absolute atomic E-state index is 0.457. The lowest BCUT2D eigenvalue weighted by molar-refractivity contribution is 0.166. The van der Waals surface area contributed by atoms with E-state index in [4.69, 9.17) is 0 Å². The van der Waals surface area contributed by atoms with Crippen LogP contribution in [-0.4, -0.2) is 25.2 Å². The van der Waals surface area contributed by atoms with Gasteiger partial charge in [0.05, 0.1) is 0 Å². The Morgan fingerprint density at radius 2 is 1.77 bits per heavy atom. The van der Waals surface area contributed by atoms with Crippen molar-refractivity contribution in [3.63, 3.8) is 0 Å². The van der Waals surface area contributed by atoms with Crippen molar-refractivity contribution in [3.05, 3.63) is 0 Å². The number of hydrogen-bond donors (Lipinski definition) is 2. The van der Waals surface area contributed by atoms with Crippen LogP contribution < -0.4 is 10.6 Å². The first kappa shape index (κ1) is 9.47. The molecule has 13 heavy (non-hydrogen) atoms. The Kier molecular flexibility index (Phi) is 2.37. The first-order chi connectivity index (χ1) is 6.12. The van der Waals surface area contributed by atoms with E-state index in [-0.39, 0.29) is 0 Å². The summed E-state index contributed by atoms with van der Waals surface area (Å²) in [6.07, 6.45) is 5.57. The summed E-state index contributed by atoms with van der Waals surface area (Å²) in [7, 11) is 0. The second-order valence-corrected chi connectivity index (χ2v) is 5.54. The maximum absolute atomic E-state index is 3.76. The first-order valence-corrected chi connectivity index (χ1v) is 5.58. The van der Waals surface area contributed by atoms with E-state index in [1.807, 2.05) is 0 Å². The van der Waals surface area contributed by atoms with Gasteiger partial charge >= 0.3 is 0 Å². The SMILES string of the molecule is CC1(CNC2(C)CCCC2)CNC1. The highest BCUT2D eigenvalue weighted by Crippen LogP contribution is 2.30. The van der Waals surface area contributed by atoms with Crippen LogP contribution in [0.25, 0.3) is 0 Å². The van der Waals surface area contributed by atoms with Crippen molar-refractivity contribution in [1.82, 2.24) is 10.6 Å². The molecule has 0 unspecified atom stereocenters. The summed E-state index contributed by atoms with van der Waals surface area (Å²) in [5.74, 6) is 0. The Bertz CT molecular complexity index is 179. The van der Waals surface area contributed by atoms with Crippen LogP contribution in [0.1, 0.15) is 39.5 Å². The molecule has 2 rings (SSSR count). The van der Waals surface area contributed by atoms with Crippen LogP contribution in [0.5, 0.6) is 0 Å². The maximum Gasteiger partial charge on any atom is 0.0153 e. The van der Waals surface area contributed by atoms with Crippen LogP contribution in [0.3, 0.4) is 0 Å². The van der Waals surface area contributed by atoms with Gasteiger partial charge in [0.15, 0.2) is 0 Å². The Morgan fingerprint density at radius 1 is 1.15 bits per heavy atom. The van der Waals surface area contributed by atoms with Crippen LogP contribution in [0.15, 0.2) is 0 Å². The van der Waals surface area contributed by atoms with E-state index in [1.54, 1.807) is 0 Å². The van der Waals surface area contributed by atoms with Gasteiger partial charge in [-0.1, -0.05) is 19.8 Å². The van der Waals surface area contributed by atoms with E-state index >= 15 is 0 Å². The van der Waals surface area contributed by atoms with Gasteiger partial charge in [-0.05, 0) is 19.8 Å². The van der Waals surface area contributed by atoms with Gasteiger partial charge in [0.25, 0.3) is 0 Å². The van der Waals surface area contributed by atoms with Crippen LogP contribution >= 0.6 is 0 Å². The molecule has 1 saturated carbocycles. The molecule has 0 aromatic heterocycles. The third-order valence-electron chi connectivity index (χ3n) is 3.75. The van der Waals surface area contributed by atoms with Crippen LogP contribution in [-0.2, 0) is 0 Å². The molecule has 2 fully saturated rings. The number of rotatable bonds is 3. The molecule has 0 aromatic carbocycles. The topological polar surface area (TPSA) is 24.1 Å². The first-order valence-electron chi connectivity index (χ1n) is 5.58. The van der Waals surface area contributed by atoms with E-state index in [0.29, 0.717) is 11.0 Å². The summed E-state index contributed by atoms with van der Waals surface area (Å²) < 4.78 is 0. The third-order valence-corrected chi connectivity index (χ3v) is 3.75. The van der Waals surface area contributed by atoms with E-state index in [9.17, 15) is 0 Å². The predicted molar refractivity (Wildman–Crippen MR) is 55.9 cm³/mol. The zero-order valence-electron chi connectivity index (χ0n) is 8.95. The molecule has 0 aromatic rings. The highest BCUT2D eigenvalue weighted by molar-refractivity contribution is 4.95. The molecule has 0 amide bonds. The van der Waals surface area contributed by atoms with Crippen LogP contribution in [0.2, 0.25) is 0 Å². The van der Waals surface area contributed by atoms with Crippen LogP contribution in [0.4, 0.5) is 0 Å². The molecule has 0 atom stereocenters. The largest absolute Gasteiger partial charge is 0.315 e. The van der Waals surface area contributed by atoms with Gasteiger partial charge in [-0.15, -0.1) is 0 Å². The highest BCUT2D eigenvalue weighted by atomic mass is 15.1. The van der Waals surface area contributed by atoms with E-state index in [2.05, 4.69) is 24.5 Å². The monoisotopic (exact) mass is 182 g/mol. The van der Waals surface area contributed by atoms with Crippen molar-refractivity contribution in [2.45, 2.75) is 45.1 Å². The Hall–Kier alpha value is -0.0800. The zero-order chi connectivity index (χ0) is 9.36. The molecular formula is C11H22N2. The van der Waals surface area contributed by atoms with Crippen molar-refractivity contribution < 1.29 is 0 Å². The van der Waals surface area contributed by atoms with Crippen molar-refractivity contribution >= 4 is 0 Å². The van der Waals surface area contributed by atoms with Crippen molar-refractivity contribution in [2.24, 2.45) is 5.41 Å². The molecule has 1 aliphatic carbocycles. The van der Waals surface area contributed by atoms with Gasteiger partial charge in [-0.25, -0.2) is 0 Å². The van der Waals surface area contributed by atoms with Gasteiger partial charge in [0.1, 0.15) is 0 Å². The van der Waals surface area contributed by atoms with E-state index < -0.39 is 0 Å². The fourth-order valence-corrected chi connectivity index (χ4v) is 2.44. The fraction of sp³-hybridized carbons (Fsp3) is 1.00. The summed E-state index contributed by atoms with van der Waals surface area (Å²) in [5.41, 5.74) is 0.990. The van der Waals surface area contributed by atoms with Crippen molar-refractivity contribution in [2.75, 3.05) is 19.6 Å². The second kappa shape index (κ2) is 3.25. The van der Waals surface area contributed by atoms with Gasteiger partial charge in [0.2, 0.25) is 0 Å². The van der Waals surface area contributed by atoms with E-state index in [0.717, 1.165) is 0 Å². The molecule has 0 radical (unpaired) electrons.